The van der Waals surface area contributed by atoms with Gasteiger partial charge in [0.15, 0.2) is 5.78 Å². The highest BCUT2D eigenvalue weighted by atomic mass is 16.5. The maximum atomic E-state index is 13.4. The second-order valence-electron chi connectivity index (χ2n) is 9.95. The van der Waals surface area contributed by atoms with Gasteiger partial charge in [0, 0.05) is 25.1 Å². The maximum Gasteiger partial charge on any atom is 0.245 e. The van der Waals surface area contributed by atoms with Crippen LogP contribution in [0.2, 0.25) is 0 Å². The average Bonchev–Trinajstić information content (AvgIpc) is 3.78. The van der Waals surface area contributed by atoms with Crippen LogP contribution in [0.4, 0.5) is 5.69 Å². The number of morpholine rings is 1. The van der Waals surface area contributed by atoms with E-state index in [0.717, 1.165) is 42.6 Å². The van der Waals surface area contributed by atoms with E-state index in [-0.39, 0.29) is 18.1 Å². The van der Waals surface area contributed by atoms with Gasteiger partial charge in [0.05, 0.1) is 25.5 Å². The van der Waals surface area contributed by atoms with E-state index in [1.54, 1.807) is 18.2 Å². The van der Waals surface area contributed by atoms with Gasteiger partial charge >= 0.3 is 0 Å². The van der Waals surface area contributed by atoms with Gasteiger partial charge in [-0.05, 0) is 60.7 Å². The van der Waals surface area contributed by atoms with Crippen molar-refractivity contribution >= 4 is 17.4 Å². The monoisotopic (exact) mass is 513 g/mol. The highest BCUT2D eigenvalue weighted by Crippen LogP contribution is 2.43. The number of hydrogen-bond acceptors (Lipinski definition) is 6. The molecule has 0 bridgehead atoms. The van der Waals surface area contributed by atoms with Crippen molar-refractivity contribution in [2.24, 2.45) is 5.73 Å². The fourth-order valence-corrected chi connectivity index (χ4v) is 4.96. The van der Waals surface area contributed by atoms with E-state index in [0.29, 0.717) is 49.8 Å². The summed E-state index contributed by atoms with van der Waals surface area (Å²) in [6.07, 6.45) is 2.61. The maximum absolute atomic E-state index is 13.4. The van der Waals surface area contributed by atoms with E-state index < -0.39 is 5.54 Å². The number of ketones is 1. The summed E-state index contributed by atoms with van der Waals surface area (Å²) in [5.41, 5.74) is 9.38. The van der Waals surface area contributed by atoms with Gasteiger partial charge in [0.2, 0.25) is 5.91 Å². The summed E-state index contributed by atoms with van der Waals surface area (Å²) in [6.45, 7) is 3.72. The Bertz CT molecular complexity index is 1250. The van der Waals surface area contributed by atoms with Crippen LogP contribution < -0.4 is 15.8 Å². The molecule has 2 aliphatic rings. The second kappa shape index (κ2) is 11.9. The number of nitrogens with one attached hydrogen (secondary N) is 1. The third kappa shape index (κ3) is 5.96. The molecule has 3 aromatic carbocycles. The molecule has 7 nitrogen and oxygen atoms in total. The lowest BCUT2D eigenvalue weighted by atomic mass is 9.99. The third-order valence-electron chi connectivity index (χ3n) is 7.34. The summed E-state index contributed by atoms with van der Waals surface area (Å²) < 4.78 is 11.4. The van der Waals surface area contributed by atoms with Crippen LogP contribution in [0.1, 0.15) is 35.2 Å². The van der Waals surface area contributed by atoms with Gasteiger partial charge in [0.1, 0.15) is 11.3 Å². The predicted octanol–water partition coefficient (Wildman–Crippen LogP) is 4.31. The SMILES string of the molecule is NCCCOc1ccc(C(=O)Cc2ccc(-c3ccccc3)cc2)cc1NC(=O)C1(N2CCOCC2)CC1. The van der Waals surface area contributed by atoms with Crippen molar-refractivity contribution in [1.29, 1.82) is 0 Å². The Morgan fingerprint density at radius 3 is 2.34 bits per heavy atom. The molecular formula is C31H35N3O4. The zero-order chi connectivity index (χ0) is 26.4. The number of nitrogens with two attached hydrogens (primary N) is 1. The van der Waals surface area contributed by atoms with Crippen LogP contribution in [-0.4, -0.2) is 61.6 Å². The van der Waals surface area contributed by atoms with Crippen LogP contribution in [0.3, 0.4) is 0 Å². The Morgan fingerprint density at radius 1 is 0.947 bits per heavy atom. The Morgan fingerprint density at radius 2 is 1.66 bits per heavy atom. The smallest absolute Gasteiger partial charge is 0.245 e. The van der Waals surface area contributed by atoms with Gasteiger partial charge < -0.3 is 20.5 Å². The van der Waals surface area contributed by atoms with Crippen LogP contribution in [0.25, 0.3) is 11.1 Å². The average molecular weight is 514 g/mol. The van der Waals surface area contributed by atoms with Crippen molar-refractivity contribution in [3.8, 4) is 16.9 Å². The minimum atomic E-state index is -0.501. The van der Waals surface area contributed by atoms with E-state index in [1.165, 1.54) is 0 Å². The third-order valence-corrected chi connectivity index (χ3v) is 7.34. The molecule has 1 heterocycles. The Hall–Kier alpha value is -3.52. The summed E-state index contributed by atoms with van der Waals surface area (Å²) in [5.74, 6) is 0.480. The molecule has 1 aliphatic heterocycles. The van der Waals surface area contributed by atoms with E-state index in [2.05, 4.69) is 22.3 Å². The molecule has 2 fully saturated rings. The standard InChI is InChI=1S/C31H35N3O4/c32-15-4-18-38-29-12-11-26(22-27(29)33-30(36)31(13-14-31)34-16-19-37-20-17-34)28(35)21-23-7-9-25(10-8-23)24-5-2-1-3-6-24/h1-3,5-12,22H,4,13-21,32H2,(H,33,36). The molecule has 0 unspecified atom stereocenters. The minimum absolute atomic E-state index is 0.0178. The number of hydrogen-bond donors (Lipinski definition) is 2. The van der Waals surface area contributed by atoms with Gasteiger partial charge in [-0.25, -0.2) is 0 Å². The van der Waals surface area contributed by atoms with Crippen molar-refractivity contribution in [3.05, 3.63) is 83.9 Å². The lowest BCUT2D eigenvalue weighted by Gasteiger charge is -2.34. The largest absolute Gasteiger partial charge is 0.491 e. The van der Waals surface area contributed by atoms with Crippen LogP contribution in [-0.2, 0) is 16.0 Å². The van der Waals surface area contributed by atoms with E-state index >= 15 is 0 Å². The van der Waals surface area contributed by atoms with Crippen LogP contribution >= 0.6 is 0 Å². The van der Waals surface area contributed by atoms with Crippen LogP contribution in [0.15, 0.2) is 72.8 Å². The molecule has 0 aromatic heterocycles. The quantitative estimate of drug-likeness (QED) is 0.293. The van der Waals surface area contributed by atoms with Gasteiger partial charge in [0.25, 0.3) is 0 Å². The number of amides is 1. The van der Waals surface area contributed by atoms with Crippen LogP contribution in [0, 0.1) is 0 Å². The molecule has 1 amide bonds. The molecule has 3 N–H and O–H groups in total. The summed E-state index contributed by atoms with van der Waals surface area (Å²) in [4.78, 5) is 28.9. The van der Waals surface area contributed by atoms with Gasteiger partial charge in [-0.2, -0.15) is 0 Å². The molecule has 7 heteroatoms. The van der Waals surface area contributed by atoms with Gasteiger partial charge in [-0.15, -0.1) is 0 Å². The number of benzene rings is 3. The van der Waals surface area contributed by atoms with Crippen molar-refractivity contribution < 1.29 is 19.1 Å². The number of rotatable bonds is 11. The highest BCUT2D eigenvalue weighted by Gasteiger charge is 2.54. The van der Waals surface area contributed by atoms with E-state index in [9.17, 15) is 9.59 Å². The van der Waals surface area contributed by atoms with E-state index in [1.807, 2.05) is 42.5 Å². The predicted molar refractivity (Wildman–Crippen MR) is 149 cm³/mol. The number of carbonyl (C=O) groups is 2. The fraction of sp³-hybridized carbons (Fsp3) is 0.355. The Labute approximate surface area is 223 Å². The molecule has 0 atom stereocenters. The minimum Gasteiger partial charge on any atom is -0.491 e. The molecule has 1 saturated carbocycles. The zero-order valence-corrected chi connectivity index (χ0v) is 21.7. The molecule has 1 aliphatic carbocycles. The van der Waals surface area contributed by atoms with E-state index in [4.69, 9.17) is 15.2 Å². The first-order valence-corrected chi connectivity index (χ1v) is 13.4. The number of carbonyl (C=O) groups excluding carboxylic acids is 2. The summed E-state index contributed by atoms with van der Waals surface area (Å²) in [7, 11) is 0. The normalized spacial score (nSPS) is 16.6. The Kier molecular flexibility index (Phi) is 8.17. The molecule has 5 rings (SSSR count). The summed E-state index contributed by atoms with van der Waals surface area (Å²) in [6, 6.07) is 23.5. The molecule has 0 spiro atoms. The van der Waals surface area contributed by atoms with Gasteiger partial charge in [-0.1, -0.05) is 54.6 Å². The van der Waals surface area contributed by atoms with Crippen molar-refractivity contribution in [3.63, 3.8) is 0 Å². The molecule has 38 heavy (non-hydrogen) atoms. The zero-order valence-electron chi connectivity index (χ0n) is 21.7. The number of nitrogens with zero attached hydrogens (tertiary/aromatic N) is 1. The molecular weight excluding hydrogens is 478 g/mol. The lowest BCUT2D eigenvalue weighted by molar-refractivity contribution is -0.124. The number of ether oxygens (including phenoxy) is 2. The fourth-order valence-electron chi connectivity index (χ4n) is 4.96. The molecule has 1 saturated heterocycles. The molecule has 198 valence electrons. The first kappa shape index (κ1) is 26.1. The highest BCUT2D eigenvalue weighted by molar-refractivity contribution is 6.03. The Balaban J connectivity index is 1.31. The number of Topliss-reactive ketones (excluding diaryl/α,β-unsaturated/α-hetero) is 1. The van der Waals surface area contributed by atoms with Crippen molar-refractivity contribution in [2.45, 2.75) is 31.2 Å². The van der Waals surface area contributed by atoms with Gasteiger partial charge in [-0.3, -0.25) is 14.5 Å². The molecule has 3 aromatic rings. The summed E-state index contributed by atoms with van der Waals surface area (Å²) in [5, 5.41) is 3.09. The second-order valence-corrected chi connectivity index (χ2v) is 9.95. The molecule has 0 radical (unpaired) electrons. The first-order valence-electron chi connectivity index (χ1n) is 13.4. The summed E-state index contributed by atoms with van der Waals surface area (Å²) >= 11 is 0. The topological polar surface area (TPSA) is 93.9 Å². The first-order chi connectivity index (χ1) is 18.6. The van der Waals surface area contributed by atoms with Crippen molar-refractivity contribution in [1.82, 2.24) is 4.90 Å². The van der Waals surface area contributed by atoms with Crippen molar-refractivity contribution in [2.75, 3.05) is 44.8 Å². The van der Waals surface area contributed by atoms with Crippen LogP contribution in [0.5, 0.6) is 5.75 Å². The lowest BCUT2D eigenvalue weighted by Crippen LogP contribution is -2.51. The number of anilines is 1.